The van der Waals surface area contributed by atoms with Gasteiger partial charge in [-0.1, -0.05) is 24.3 Å². The highest BCUT2D eigenvalue weighted by Gasteiger charge is 2.44. The van der Waals surface area contributed by atoms with Gasteiger partial charge in [-0.3, -0.25) is 9.69 Å². The minimum Gasteiger partial charge on any atom is -0.364 e. The average Bonchev–Trinajstić information content (AvgIpc) is 2.53. The van der Waals surface area contributed by atoms with E-state index in [-0.39, 0.29) is 12.6 Å². The molecule has 0 aromatic heterocycles. The molecular formula is C13H15NO2. The Morgan fingerprint density at radius 2 is 2.19 bits per heavy atom. The number of nitrogens with zero attached hydrogens (tertiary/aromatic N) is 1. The maximum atomic E-state index is 12.3. The maximum absolute atomic E-state index is 12.3. The molecule has 0 unspecified atom stereocenters. The first-order chi connectivity index (χ1) is 7.65. The third-order valence-corrected chi connectivity index (χ3v) is 3.11. The first-order valence-electron chi connectivity index (χ1n) is 5.19. The Kier molecular flexibility index (Phi) is 2.56. The monoisotopic (exact) mass is 217 g/mol. The Labute approximate surface area is 95.3 Å². The summed E-state index contributed by atoms with van der Waals surface area (Å²) in [6.45, 7) is 5.93. The topological polar surface area (TPSA) is 29.5 Å². The van der Waals surface area contributed by atoms with Crippen LogP contribution in [0.15, 0.2) is 36.9 Å². The molecule has 16 heavy (non-hydrogen) atoms. The molecule has 0 saturated carbocycles. The molecule has 0 radical (unpaired) electrons. The van der Waals surface area contributed by atoms with Crippen molar-refractivity contribution in [3.05, 3.63) is 42.5 Å². The summed E-state index contributed by atoms with van der Waals surface area (Å²) in [5, 5.41) is 0. The number of benzene rings is 1. The summed E-state index contributed by atoms with van der Waals surface area (Å²) in [5.41, 5.74) is 1.28. The van der Waals surface area contributed by atoms with Crippen LogP contribution in [0.2, 0.25) is 0 Å². The van der Waals surface area contributed by atoms with Crippen molar-refractivity contribution in [1.82, 2.24) is 0 Å². The zero-order chi connectivity index (χ0) is 11.8. The zero-order valence-electron chi connectivity index (χ0n) is 9.56. The molecule has 1 aliphatic rings. The smallest absolute Gasteiger partial charge is 0.243 e. The van der Waals surface area contributed by atoms with E-state index in [0.29, 0.717) is 0 Å². The quantitative estimate of drug-likeness (QED) is 0.725. The standard InChI is InChI=1S/C13H15NO2/c1-4-13(2)10-7-5-6-8-11(10)14(9-16-3)12(13)15/h4-8H,1,9H2,2-3H3/t13-/m1/s1. The van der Waals surface area contributed by atoms with Gasteiger partial charge in [-0.25, -0.2) is 0 Å². The van der Waals surface area contributed by atoms with Crippen molar-refractivity contribution in [3.8, 4) is 0 Å². The van der Waals surface area contributed by atoms with E-state index in [1.807, 2.05) is 31.2 Å². The Bertz CT molecular complexity index is 441. The summed E-state index contributed by atoms with van der Waals surface area (Å²) in [5.74, 6) is 0.0190. The van der Waals surface area contributed by atoms with Crippen LogP contribution in [0.4, 0.5) is 5.69 Å². The molecule has 1 amide bonds. The van der Waals surface area contributed by atoms with Crippen molar-refractivity contribution in [3.63, 3.8) is 0 Å². The normalized spacial score (nSPS) is 23.4. The van der Waals surface area contributed by atoms with Crippen molar-refractivity contribution in [2.75, 3.05) is 18.7 Å². The molecule has 1 aliphatic heterocycles. The number of anilines is 1. The fraction of sp³-hybridized carbons (Fsp3) is 0.308. The second-order valence-corrected chi connectivity index (χ2v) is 4.07. The molecule has 0 saturated heterocycles. The van der Waals surface area contributed by atoms with Crippen LogP contribution in [-0.2, 0) is 14.9 Å². The highest BCUT2D eigenvalue weighted by molar-refractivity contribution is 6.09. The molecule has 0 aliphatic carbocycles. The average molecular weight is 217 g/mol. The lowest BCUT2D eigenvalue weighted by molar-refractivity contribution is -0.122. The van der Waals surface area contributed by atoms with Gasteiger partial charge in [-0.2, -0.15) is 0 Å². The summed E-state index contributed by atoms with van der Waals surface area (Å²) >= 11 is 0. The third kappa shape index (κ3) is 1.28. The van der Waals surface area contributed by atoms with Crippen LogP contribution in [-0.4, -0.2) is 19.7 Å². The number of carbonyl (C=O) groups excluding carboxylic acids is 1. The fourth-order valence-corrected chi connectivity index (χ4v) is 2.11. The highest BCUT2D eigenvalue weighted by Crippen LogP contribution is 2.42. The van der Waals surface area contributed by atoms with Crippen molar-refractivity contribution < 1.29 is 9.53 Å². The molecule has 84 valence electrons. The van der Waals surface area contributed by atoms with E-state index < -0.39 is 5.41 Å². The molecule has 1 heterocycles. The van der Waals surface area contributed by atoms with Gasteiger partial charge in [0.1, 0.15) is 6.73 Å². The lowest BCUT2D eigenvalue weighted by Crippen LogP contribution is -2.37. The SMILES string of the molecule is C=C[C@@]1(C)C(=O)N(COC)c2ccccc21. The summed E-state index contributed by atoms with van der Waals surface area (Å²) < 4.78 is 5.06. The molecule has 1 atom stereocenters. The van der Waals surface area contributed by atoms with Crippen LogP contribution in [0.1, 0.15) is 12.5 Å². The lowest BCUT2D eigenvalue weighted by Gasteiger charge is -2.20. The van der Waals surface area contributed by atoms with Crippen LogP contribution in [0.5, 0.6) is 0 Å². The van der Waals surface area contributed by atoms with Gasteiger partial charge in [-0.05, 0) is 18.6 Å². The Morgan fingerprint density at radius 3 is 2.81 bits per heavy atom. The summed E-state index contributed by atoms with van der Waals surface area (Å²) in [4.78, 5) is 13.9. The largest absolute Gasteiger partial charge is 0.364 e. The van der Waals surface area contributed by atoms with Gasteiger partial charge in [0.2, 0.25) is 5.91 Å². The van der Waals surface area contributed by atoms with Crippen molar-refractivity contribution in [2.45, 2.75) is 12.3 Å². The summed E-state index contributed by atoms with van der Waals surface area (Å²) in [7, 11) is 1.58. The van der Waals surface area contributed by atoms with Gasteiger partial charge < -0.3 is 4.74 Å². The zero-order valence-corrected chi connectivity index (χ0v) is 9.56. The molecule has 0 spiro atoms. The van der Waals surface area contributed by atoms with Gasteiger partial charge in [0.15, 0.2) is 0 Å². The third-order valence-electron chi connectivity index (χ3n) is 3.11. The van der Waals surface area contributed by atoms with E-state index in [9.17, 15) is 4.79 Å². The number of methoxy groups -OCH3 is 1. The molecule has 0 N–H and O–H groups in total. The Hall–Kier alpha value is -1.61. The number of hydrogen-bond acceptors (Lipinski definition) is 2. The number of fused-ring (bicyclic) bond motifs is 1. The van der Waals surface area contributed by atoms with E-state index >= 15 is 0 Å². The van der Waals surface area contributed by atoms with Crippen LogP contribution >= 0.6 is 0 Å². The molecule has 0 fully saturated rings. The number of amides is 1. The predicted octanol–water partition coefficient (Wildman–Crippen LogP) is 2.08. The van der Waals surface area contributed by atoms with E-state index in [1.165, 1.54) is 0 Å². The van der Waals surface area contributed by atoms with Gasteiger partial charge in [-0.15, -0.1) is 6.58 Å². The molecule has 3 nitrogen and oxygen atoms in total. The summed E-state index contributed by atoms with van der Waals surface area (Å²) in [6.07, 6.45) is 1.70. The number of hydrogen-bond donors (Lipinski definition) is 0. The first-order valence-corrected chi connectivity index (χ1v) is 5.19. The number of para-hydroxylation sites is 1. The highest BCUT2D eigenvalue weighted by atomic mass is 16.5. The summed E-state index contributed by atoms with van der Waals surface area (Å²) in [6, 6.07) is 7.75. The Balaban J connectivity index is 2.57. The number of rotatable bonds is 3. The minimum absolute atomic E-state index is 0.0190. The van der Waals surface area contributed by atoms with Crippen molar-refractivity contribution in [2.24, 2.45) is 0 Å². The van der Waals surface area contributed by atoms with E-state index in [1.54, 1.807) is 18.1 Å². The van der Waals surface area contributed by atoms with Crippen LogP contribution < -0.4 is 4.90 Å². The van der Waals surface area contributed by atoms with E-state index in [4.69, 9.17) is 4.74 Å². The van der Waals surface area contributed by atoms with Gasteiger partial charge >= 0.3 is 0 Å². The van der Waals surface area contributed by atoms with E-state index in [2.05, 4.69) is 6.58 Å². The van der Waals surface area contributed by atoms with Crippen molar-refractivity contribution in [1.29, 1.82) is 0 Å². The number of ether oxygens (including phenoxy) is 1. The van der Waals surface area contributed by atoms with Gasteiger partial charge in [0, 0.05) is 7.11 Å². The minimum atomic E-state index is -0.630. The maximum Gasteiger partial charge on any atom is 0.243 e. The van der Waals surface area contributed by atoms with Crippen LogP contribution in [0.25, 0.3) is 0 Å². The van der Waals surface area contributed by atoms with Gasteiger partial charge in [0.05, 0.1) is 11.1 Å². The molecule has 1 aromatic carbocycles. The van der Waals surface area contributed by atoms with Crippen molar-refractivity contribution >= 4 is 11.6 Å². The molecule has 0 bridgehead atoms. The van der Waals surface area contributed by atoms with E-state index in [0.717, 1.165) is 11.3 Å². The number of carbonyl (C=O) groups is 1. The van der Waals surface area contributed by atoms with Crippen LogP contribution in [0, 0.1) is 0 Å². The molecule has 1 aromatic rings. The van der Waals surface area contributed by atoms with Gasteiger partial charge in [0.25, 0.3) is 0 Å². The lowest BCUT2D eigenvalue weighted by atomic mass is 9.84. The first kappa shape index (κ1) is 10.9. The second-order valence-electron chi connectivity index (χ2n) is 4.07. The second kappa shape index (κ2) is 3.76. The molecular weight excluding hydrogens is 202 g/mol. The Morgan fingerprint density at radius 1 is 1.50 bits per heavy atom. The van der Waals surface area contributed by atoms with Crippen LogP contribution in [0.3, 0.4) is 0 Å². The fourth-order valence-electron chi connectivity index (χ4n) is 2.11. The molecule has 3 heteroatoms. The predicted molar refractivity (Wildman–Crippen MR) is 63.4 cm³/mol. The molecule has 2 rings (SSSR count).